The number of rotatable bonds is 13. The number of amides is 1. The van der Waals surface area contributed by atoms with E-state index >= 15 is 0 Å². The molecule has 2 aliphatic carbocycles. The number of piperidine rings is 1. The maximum Gasteiger partial charge on any atom is 0.293 e. The molecule has 0 unspecified atom stereocenters. The number of carbonyl (C=O) groups is 1. The van der Waals surface area contributed by atoms with Gasteiger partial charge in [0.25, 0.3) is 21.6 Å². The second kappa shape index (κ2) is 17.5. The normalized spacial score (nSPS) is 22.7. The van der Waals surface area contributed by atoms with Crippen LogP contribution >= 0.6 is 0 Å². The van der Waals surface area contributed by atoms with Gasteiger partial charge in [-0.05, 0) is 136 Å². The lowest BCUT2D eigenvalue weighted by Crippen LogP contribution is -2.54. The van der Waals surface area contributed by atoms with Crippen molar-refractivity contribution in [1.29, 1.82) is 0 Å². The quantitative estimate of drug-likeness (QED) is 0.0653. The lowest BCUT2D eigenvalue weighted by atomic mass is 9.59. The minimum atomic E-state index is -4.59. The van der Waals surface area contributed by atoms with Gasteiger partial charge < -0.3 is 25.0 Å². The molecule has 2 aliphatic heterocycles. The molecule has 2 saturated carbocycles. The molecule has 15 heteroatoms. The molecular weight excluding hydrogens is 831 g/mol. The number of ether oxygens (including phenoxy) is 1. The molecule has 9 rings (SSSR count). The van der Waals surface area contributed by atoms with Gasteiger partial charge in [0, 0.05) is 61.1 Å². The molecule has 3 aromatic carbocycles. The van der Waals surface area contributed by atoms with Crippen molar-refractivity contribution in [3.05, 3.63) is 112 Å². The standard InChI is InChI=1S/C49H59N7O7S/c1-32(2)39-7-4-5-8-40(39)43-9-6-22-55(43)36-28-48(29-36)19-23-54(24-20-48)35-10-12-41(45(26-35)63-37-25-34-16-21-50-46(34)51-30-37)47(57)53-64(61,62)38-11-13-42(44(27-38)56(59)60)52-31-49(58)17-14-33(3)15-18-49/h4-5,7-8,10-13,16,21,25-27,30,32-33,36,43,52,58H,6,9,14-15,17-20,22-24,28-29,31H2,1-3H3,(H,50,51)(H,53,57)/t33-,43-,49-/m0/s1. The fourth-order valence-corrected chi connectivity index (χ4v) is 11.7. The summed E-state index contributed by atoms with van der Waals surface area (Å²) in [6.07, 6.45) is 13.1. The number of aromatic amines is 1. The molecule has 0 radical (unpaired) electrons. The third kappa shape index (κ3) is 8.94. The van der Waals surface area contributed by atoms with Crippen molar-refractivity contribution in [2.24, 2.45) is 11.3 Å². The lowest BCUT2D eigenvalue weighted by Gasteiger charge is -2.56. The van der Waals surface area contributed by atoms with Crippen molar-refractivity contribution in [3.8, 4) is 11.5 Å². The van der Waals surface area contributed by atoms with Crippen molar-refractivity contribution in [2.75, 3.05) is 36.4 Å². The second-order valence-electron chi connectivity index (χ2n) is 19.2. The number of nitrogens with one attached hydrogen (secondary N) is 3. The monoisotopic (exact) mass is 889 g/mol. The highest BCUT2D eigenvalue weighted by Crippen LogP contribution is 2.54. The number of sulfonamides is 1. The minimum Gasteiger partial charge on any atom is -0.455 e. The first-order chi connectivity index (χ1) is 30.7. The van der Waals surface area contributed by atoms with Gasteiger partial charge in [-0.25, -0.2) is 18.1 Å². The van der Waals surface area contributed by atoms with Crippen molar-refractivity contribution in [2.45, 2.75) is 113 Å². The first-order valence-corrected chi connectivity index (χ1v) is 24.3. The Hall–Kier alpha value is -5.51. The van der Waals surface area contributed by atoms with E-state index < -0.39 is 37.0 Å². The zero-order valence-electron chi connectivity index (χ0n) is 36.9. The molecule has 5 aromatic rings. The van der Waals surface area contributed by atoms with Gasteiger partial charge in [-0.1, -0.05) is 45.0 Å². The number of fused-ring (bicyclic) bond motifs is 1. The fourth-order valence-electron chi connectivity index (χ4n) is 10.8. The molecule has 2 aromatic heterocycles. The van der Waals surface area contributed by atoms with Crippen LogP contribution in [0, 0.1) is 21.4 Å². The van der Waals surface area contributed by atoms with Crippen LogP contribution in [-0.2, 0) is 10.0 Å². The number of benzene rings is 3. The summed E-state index contributed by atoms with van der Waals surface area (Å²) in [7, 11) is -4.59. The van der Waals surface area contributed by atoms with E-state index in [9.17, 15) is 28.4 Å². The van der Waals surface area contributed by atoms with E-state index in [2.05, 4.69) is 74.8 Å². The Labute approximate surface area is 375 Å². The summed E-state index contributed by atoms with van der Waals surface area (Å²) in [5.41, 5.74) is 3.31. The van der Waals surface area contributed by atoms with Crippen molar-refractivity contribution in [1.82, 2.24) is 19.6 Å². The van der Waals surface area contributed by atoms with Gasteiger partial charge in [0.2, 0.25) is 0 Å². The van der Waals surface area contributed by atoms with E-state index in [-0.39, 0.29) is 23.5 Å². The van der Waals surface area contributed by atoms with Crippen LogP contribution in [0.2, 0.25) is 0 Å². The average molecular weight is 890 g/mol. The molecule has 338 valence electrons. The number of H-pyrrole nitrogens is 1. The van der Waals surface area contributed by atoms with E-state index in [4.69, 9.17) is 4.74 Å². The first-order valence-electron chi connectivity index (χ1n) is 22.8. The number of aromatic nitrogens is 2. The van der Waals surface area contributed by atoms with Gasteiger partial charge >= 0.3 is 0 Å². The van der Waals surface area contributed by atoms with Crippen molar-refractivity contribution >= 4 is 44.0 Å². The highest BCUT2D eigenvalue weighted by molar-refractivity contribution is 7.90. The number of hydrogen-bond acceptors (Lipinski definition) is 11. The average Bonchev–Trinajstić information content (AvgIpc) is 3.96. The third-order valence-corrected chi connectivity index (χ3v) is 15.9. The van der Waals surface area contributed by atoms with Gasteiger partial charge in [0.1, 0.15) is 22.8 Å². The minimum absolute atomic E-state index is 0.0288. The van der Waals surface area contributed by atoms with E-state index in [0.29, 0.717) is 53.6 Å². The number of likely N-dealkylation sites (tertiary alicyclic amines) is 1. The van der Waals surface area contributed by atoms with Crippen LogP contribution in [0.4, 0.5) is 17.1 Å². The number of nitrogens with zero attached hydrogens (tertiary/aromatic N) is 4. The number of anilines is 2. The van der Waals surface area contributed by atoms with Crippen LogP contribution in [0.1, 0.15) is 118 Å². The summed E-state index contributed by atoms with van der Waals surface area (Å²) < 4.78 is 36.0. The summed E-state index contributed by atoms with van der Waals surface area (Å²) >= 11 is 0. The Morgan fingerprint density at radius 1 is 1.00 bits per heavy atom. The molecule has 4 fully saturated rings. The summed E-state index contributed by atoms with van der Waals surface area (Å²) in [5.74, 6) is 0.545. The van der Waals surface area contributed by atoms with Crippen LogP contribution in [0.5, 0.6) is 11.5 Å². The maximum atomic E-state index is 14.0. The predicted molar refractivity (Wildman–Crippen MR) is 248 cm³/mol. The third-order valence-electron chi connectivity index (χ3n) is 14.6. The smallest absolute Gasteiger partial charge is 0.293 e. The Morgan fingerprint density at radius 2 is 1.77 bits per heavy atom. The first kappa shape index (κ1) is 43.7. The molecule has 14 nitrogen and oxygen atoms in total. The van der Waals surface area contributed by atoms with E-state index in [1.807, 2.05) is 12.1 Å². The largest absolute Gasteiger partial charge is 0.455 e. The Kier molecular flexibility index (Phi) is 11.9. The molecule has 64 heavy (non-hydrogen) atoms. The molecule has 1 atom stereocenters. The molecule has 4 heterocycles. The molecule has 0 bridgehead atoms. The van der Waals surface area contributed by atoms with Gasteiger partial charge in [-0.2, -0.15) is 0 Å². The van der Waals surface area contributed by atoms with Crippen LogP contribution in [-0.4, -0.2) is 77.0 Å². The molecular formula is C49H59N7O7S. The van der Waals surface area contributed by atoms with Gasteiger partial charge in [0.05, 0.1) is 27.2 Å². The Morgan fingerprint density at radius 3 is 2.52 bits per heavy atom. The summed E-state index contributed by atoms with van der Waals surface area (Å²) in [6, 6.07) is 22.3. The van der Waals surface area contributed by atoms with Gasteiger partial charge in [-0.3, -0.25) is 19.8 Å². The summed E-state index contributed by atoms with van der Waals surface area (Å²) in [4.78, 5) is 37.6. The fraction of sp³-hybridized carbons (Fsp3) is 0.469. The lowest BCUT2D eigenvalue weighted by molar-refractivity contribution is -0.384. The molecule has 1 amide bonds. The van der Waals surface area contributed by atoms with E-state index in [0.717, 1.165) is 62.5 Å². The van der Waals surface area contributed by atoms with Crippen LogP contribution in [0.3, 0.4) is 0 Å². The van der Waals surface area contributed by atoms with Crippen LogP contribution in [0.25, 0.3) is 11.0 Å². The number of carbonyl (C=O) groups excluding carboxylic acids is 1. The SMILES string of the molecule is CC(C)c1ccccc1[C@@H]1CCCN1C1CC2(CCN(c3ccc(C(=O)NS(=O)(=O)c4ccc(NC[C@]5(O)CC[C@H](C)CC5)c([N+](=O)[O-])c4)c(Oc4cnc5[nH]ccc5c4)c3)CC2)C1. The summed E-state index contributed by atoms with van der Waals surface area (Å²) in [6.45, 7) is 9.61. The van der Waals surface area contributed by atoms with Crippen LogP contribution < -0.4 is 19.7 Å². The Bertz CT molecular complexity index is 2640. The number of nitro benzene ring substituents is 1. The maximum absolute atomic E-state index is 14.0. The molecule has 2 saturated heterocycles. The van der Waals surface area contributed by atoms with E-state index in [1.54, 1.807) is 24.4 Å². The van der Waals surface area contributed by atoms with Gasteiger partial charge in [0.15, 0.2) is 0 Å². The zero-order chi connectivity index (χ0) is 44.8. The Balaban J connectivity index is 0.902. The number of nitro groups is 1. The van der Waals surface area contributed by atoms with E-state index in [1.165, 1.54) is 55.1 Å². The van der Waals surface area contributed by atoms with Crippen LogP contribution in [0.15, 0.2) is 90.1 Å². The molecule has 1 spiro atoms. The van der Waals surface area contributed by atoms with Gasteiger partial charge in [-0.15, -0.1) is 0 Å². The predicted octanol–water partition coefficient (Wildman–Crippen LogP) is 9.44. The van der Waals surface area contributed by atoms with Crippen molar-refractivity contribution < 1.29 is 28.0 Å². The molecule has 4 N–H and O–H groups in total. The highest BCUT2D eigenvalue weighted by atomic mass is 32.2. The number of hydrogen-bond donors (Lipinski definition) is 4. The highest BCUT2D eigenvalue weighted by Gasteiger charge is 2.50. The second-order valence-corrected chi connectivity index (χ2v) is 20.9. The topological polar surface area (TPSA) is 183 Å². The number of pyridine rings is 1. The summed E-state index contributed by atoms with van der Waals surface area (Å²) in [5, 5.41) is 27.0. The molecule has 4 aliphatic rings. The van der Waals surface area contributed by atoms with Crippen molar-refractivity contribution in [3.63, 3.8) is 0 Å². The number of aliphatic hydroxyl groups is 1. The zero-order valence-corrected chi connectivity index (χ0v) is 37.7.